The molecule has 1 heterocycles. The number of allylic oxidation sites excluding steroid dienone is 1. The van der Waals surface area contributed by atoms with E-state index in [4.69, 9.17) is 0 Å². The molecule has 0 radical (unpaired) electrons. The van der Waals surface area contributed by atoms with Crippen LogP contribution in [0.15, 0.2) is 42.2 Å². The molecule has 0 spiro atoms. The van der Waals surface area contributed by atoms with E-state index in [0.29, 0.717) is 12.8 Å². The second-order valence-electron chi connectivity index (χ2n) is 4.69. The monoisotopic (exact) mass is 239 g/mol. The number of halogens is 1. The normalized spacial score (nSPS) is 14.0. The highest BCUT2D eigenvalue weighted by atomic mass is 19.1. The summed E-state index contributed by atoms with van der Waals surface area (Å²) in [4.78, 5) is 4.65. The molecule has 2 heteroatoms. The Hall–Kier alpha value is -1.96. The molecule has 0 N–H and O–H groups in total. The number of benzene rings is 1. The molecule has 2 aromatic rings. The van der Waals surface area contributed by atoms with Crippen LogP contribution in [0.5, 0.6) is 0 Å². The third kappa shape index (κ3) is 2.06. The average Bonchev–Trinajstić information content (AvgIpc) is 2.38. The zero-order valence-corrected chi connectivity index (χ0v) is 10.3. The van der Waals surface area contributed by atoms with Crippen LogP contribution >= 0.6 is 0 Å². The molecule has 0 amide bonds. The first kappa shape index (κ1) is 11.1. The number of hydrogen-bond donors (Lipinski definition) is 0. The standard InChI is InChI=1S/C16H14FN/c1-11-3-2-4-12(9-11)15-7-5-13-10-14(17)6-8-16(13)18-15/h2-5,7,9-10H,6,8H2,1H3. The summed E-state index contributed by atoms with van der Waals surface area (Å²) in [6, 6.07) is 12.2. The number of rotatable bonds is 1. The molecule has 1 nitrogen and oxygen atoms in total. The highest BCUT2D eigenvalue weighted by Gasteiger charge is 2.12. The number of aryl methyl sites for hydroxylation is 2. The Labute approximate surface area is 106 Å². The van der Waals surface area contributed by atoms with Gasteiger partial charge in [0.2, 0.25) is 0 Å². The predicted molar refractivity (Wildman–Crippen MR) is 71.8 cm³/mol. The minimum atomic E-state index is -0.0485. The smallest absolute Gasteiger partial charge is 0.101 e. The third-order valence-corrected chi connectivity index (χ3v) is 3.24. The molecule has 1 aromatic carbocycles. The maximum Gasteiger partial charge on any atom is 0.101 e. The van der Waals surface area contributed by atoms with Crippen molar-refractivity contribution in [3.63, 3.8) is 0 Å². The fourth-order valence-electron chi connectivity index (χ4n) is 2.29. The van der Waals surface area contributed by atoms with Crippen molar-refractivity contribution in [2.75, 3.05) is 0 Å². The lowest BCUT2D eigenvalue weighted by Crippen LogP contribution is -2.01. The molecule has 3 rings (SSSR count). The summed E-state index contributed by atoms with van der Waals surface area (Å²) in [6.07, 6.45) is 2.75. The van der Waals surface area contributed by atoms with Gasteiger partial charge in [-0.2, -0.15) is 0 Å². The highest BCUT2D eigenvalue weighted by molar-refractivity contribution is 5.64. The number of aromatic nitrogens is 1. The topological polar surface area (TPSA) is 12.9 Å². The number of hydrogen-bond acceptors (Lipinski definition) is 1. The second-order valence-corrected chi connectivity index (χ2v) is 4.69. The van der Waals surface area contributed by atoms with Gasteiger partial charge < -0.3 is 0 Å². The first-order valence-electron chi connectivity index (χ1n) is 6.15. The second kappa shape index (κ2) is 4.37. The predicted octanol–water partition coefficient (Wildman–Crippen LogP) is 4.31. The van der Waals surface area contributed by atoms with Gasteiger partial charge in [-0.3, -0.25) is 4.98 Å². The zero-order chi connectivity index (χ0) is 12.5. The van der Waals surface area contributed by atoms with Gasteiger partial charge in [0.25, 0.3) is 0 Å². The van der Waals surface area contributed by atoms with Crippen LogP contribution in [0.2, 0.25) is 0 Å². The summed E-state index contributed by atoms with van der Waals surface area (Å²) in [6.45, 7) is 2.07. The quantitative estimate of drug-likeness (QED) is 0.722. The van der Waals surface area contributed by atoms with Crippen LogP contribution in [0, 0.1) is 6.92 Å². The van der Waals surface area contributed by atoms with Crippen molar-refractivity contribution in [1.82, 2.24) is 4.98 Å². The SMILES string of the molecule is Cc1cccc(-c2ccc3c(n2)CCC(F)=C3)c1. The van der Waals surface area contributed by atoms with Crippen LogP contribution < -0.4 is 0 Å². The number of nitrogens with zero attached hydrogens (tertiary/aromatic N) is 1. The lowest BCUT2D eigenvalue weighted by atomic mass is 10.00. The van der Waals surface area contributed by atoms with Gasteiger partial charge in [0.15, 0.2) is 0 Å². The van der Waals surface area contributed by atoms with E-state index in [-0.39, 0.29) is 5.83 Å². The molecule has 0 aliphatic heterocycles. The van der Waals surface area contributed by atoms with Crippen LogP contribution in [0.1, 0.15) is 23.2 Å². The molecular weight excluding hydrogens is 225 g/mol. The molecule has 18 heavy (non-hydrogen) atoms. The molecule has 0 saturated carbocycles. The van der Waals surface area contributed by atoms with Crippen molar-refractivity contribution in [2.45, 2.75) is 19.8 Å². The summed E-state index contributed by atoms with van der Waals surface area (Å²) >= 11 is 0. The maximum absolute atomic E-state index is 13.2. The molecule has 0 bridgehead atoms. The molecular formula is C16H14FN. The van der Waals surface area contributed by atoms with Gasteiger partial charge in [-0.25, -0.2) is 4.39 Å². The average molecular weight is 239 g/mol. The Kier molecular flexibility index (Phi) is 2.71. The number of pyridine rings is 1. The van der Waals surface area contributed by atoms with Gasteiger partial charge in [0.05, 0.1) is 5.69 Å². The fourth-order valence-corrected chi connectivity index (χ4v) is 2.29. The van der Waals surface area contributed by atoms with Gasteiger partial charge in [-0.05, 0) is 37.1 Å². The van der Waals surface area contributed by atoms with E-state index in [1.54, 1.807) is 6.08 Å². The van der Waals surface area contributed by atoms with E-state index in [9.17, 15) is 4.39 Å². The Balaban J connectivity index is 2.06. The van der Waals surface area contributed by atoms with Gasteiger partial charge in [-0.1, -0.05) is 29.8 Å². The summed E-state index contributed by atoms with van der Waals surface area (Å²) in [7, 11) is 0. The Bertz CT molecular complexity index is 629. The lowest BCUT2D eigenvalue weighted by molar-refractivity contribution is 0.587. The van der Waals surface area contributed by atoms with Crippen molar-refractivity contribution in [3.05, 3.63) is 59.0 Å². The molecule has 0 fully saturated rings. The Morgan fingerprint density at radius 2 is 2.00 bits per heavy atom. The van der Waals surface area contributed by atoms with E-state index < -0.39 is 0 Å². The van der Waals surface area contributed by atoms with Crippen LogP contribution in [-0.4, -0.2) is 4.98 Å². The first-order valence-corrected chi connectivity index (χ1v) is 6.15. The molecule has 0 unspecified atom stereocenters. The van der Waals surface area contributed by atoms with Gasteiger partial charge in [0.1, 0.15) is 5.83 Å². The molecule has 1 aliphatic carbocycles. The van der Waals surface area contributed by atoms with E-state index in [0.717, 1.165) is 22.5 Å². The van der Waals surface area contributed by atoms with E-state index >= 15 is 0 Å². The maximum atomic E-state index is 13.2. The lowest BCUT2D eigenvalue weighted by Gasteiger charge is -2.12. The molecule has 1 aromatic heterocycles. The van der Waals surface area contributed by atoms with Crippen molar-refractivity contribution in [2.24, 2.45) is 0 Å². The number of fused-ring (bicyclic) bond motifs is 1. The van der Waals surface area contributed by atoms with Crippen LogP contribution in [0.3, 0.4) is 0 Å². The van der Waals surface area contributed by atoms with Crippen molar-refractivity contribution in [1.29, 1.82) is 0 Å². The Morgan fingerprint density at radius 3 is 2.83 bits per heavy atom. The van der Waals surface area contributed by atoms with E-state index in [1.165, 1.54) is 5.56 Å². The zero-order valence-electron chi connectivity index (χ0n) is 10.3. The molecule has 0 atom stereocenters. The van der Waals surface area contributed by atoms with Crippen molar-refractivity contribution < 1.29 is 4.39 Å². The van der Waals surface area contributed by atoms with Crippen LogP contribution in [-0.2, 0) is 6.42 Å². The van der Waals surface area contributed by atoms with Crippen LogP contribution in [0.4, 0.5) is 4.39 Å². The van der Waals surface area contributed by atoms with Gasteiger partial charge in [0, 0.05) is 17.7 Å². The summed E-state index contributed by atoms with van der Waals surface area (Å²) in [5, 5.41) is 0. The van der Waals surface area contributed by atoms with Crippen LogP contribution in [0.25, 0.3) is 17.3 Å². The van der Waals surface area contributed by atoms with Gasteiger partial charge in [-0.15, -0.1) is 0 Å². The van der Waals surface area contributed by atoms with E-state index in [2.05, 4.69) is 30.1 Å². The molecule has 90 valence electrons. The van der Waals surface area contributed by atoms with Gasteiger partial charge >= 0.3 is 0 Å². The summed E-state index contributed by atoms with van der Waals surface area (Å²) < 4.78 is 13.2. The summed E-state index contributed by atoms with van der Waals surface area (Å²) in [5.74, 6) is -0.0485. The molecule has 0 saturated heterocycles. The van der Waals surface area contributed by atoms with Crippen molar-refractivity contribution in [3.8, 4) is 11.3 Å². The Morgan fingerprint density at radius 1 is 1.11 bits per heavy atom. The fraction of sp³-hybridized carbons (Fsp3) is 0.188. The molecule has 1 aliphatic rings. The largest absolute Gasteiger partial charge is 0.252 e. The summed E-state index contributed by atoms with van der Waals surface area (Å²) in [5.41, 5.74) is 5.21. The van der Waals surface area contributed by atoms with E-state index in [1.807, 2.05) is 18.2 Å². The minimum absolute atomic E-state index is 0.0485. The van der Waals surface area contributed by atoms with Crippen molar-refractivity contribution >= 4 is 6.08 Å². The third-order valence-electron chi connectivity index (χ3n) is 3.24. The first-order chi connectivity index (χ1) is 8.72. The highest BCUT2D eigenvalue weighted by Crippen LogP contribution is 2.26. The minimum Gasteiger partial charge on any atom is -0.252 e.